The van der Waals surface area contributed by atoms with Gasteiger partial charge in [-0.3, -0.25) is 9.59 Å². The Morgan fingerprint density at radius 3 is 2.07 bits per heavy atom. The molecule has 0 radical (unpaired) electrons. The topological polar surface area (TPSA) is 122 Å². The van der Waals surface area contributed by atoms with Crippen molar-refractivity contribution in [3.05, 3.63) is 48.0 Å². The Hall–Kier alpha value is -2.88. The maximum Gasteiger partial charge on any atom is 0.490 e. The molecule has 2 amide bonds. The number of carbonyl (C=O) groups is 3. The van der Waals surface area contributed by atoms with Crippen molar-refractivity contribution >= 4 is 17.8 Å². The highest BCUT2D eigenvalue weighted by Gasteiger charge is 2.38. The molecule has 0 aromatic heterocycles. The Balaban J connectivity index is 0.00000103. The van der Waals surface area contributed by atoms with E-state index < -0.39 is 18.2 Å². The van der Waals surface area contributed by atoms with Gasteiger partial charge in [0.05, 0.1) is 6.04 Å². The van der Waals surface area contributed by atoms with Crippen LogP contribution in [0.2, 0.25) is 0 Å². The number of hydrogen-bond donors (Lipinski definition) is 4. The zero-order valence-corrected chi connectivity index (χ0v) is 17.1. The smallest absolute Gasteiger partial charge is 0.475 e. The summed E-state index contributed by atoms with van der Waals surface area (Å²) in [6, 6.07) is 9.29. The Bertz CT molecular complexity index is 705. The van der Waals surface area contributed by atoms with E-state index in [1.807, 2.05) is 44.2 Å². The molecule has 10 heteroatoms. The Kier molecular flexibility index (Phi) is 12.1. The van der Waals surface area contributed by atoms with Crippen LogP contribution < -0.4 is 16.4 Å². The van der Waals surface area contributed by atoms with Gasteiger partial charge in [-0.25, -0.2) is 4.79 Å². The predicted octanol–water partition coefficient (Wildman–Crippen LogP) is 2.17. The van der Waals surface area contributed by atoms with Gasteiger partial charge < -0.3 is 21.5 Å². The van der Waals surface area contributed by atoms with E-state index in [1.165, 1.54) is 11.6 Å². The number of rotatable bonds is 8. The summed E-state index contributed by atoms with van der Waals surface area (Å²) in [5.74, 6) is -3.15. The predicted molar refractivity (Wildman–Crippen MR) is 106 cm³/mol. The van der Waals surface area contributed by atoms with Gasteiger partial charge in [0.15, 0.2) is 0 Å². The molecule has 0 unspecified atom stereocenters. The lowest BCUT2D eigenvalue weighted by molar-refractivity contribution is -0.192. The average molecular weight is 431 g/mol. The minimum atomic E-state index is -5.08. The Labute approximate surface area is 173 Å². The third-order valence-electron chi connectivity index (χ3n) is 3.48. The molecule has 0 saturated heterocycles. The summed E-state index contributed by atoms with van der Waals surface area (Å²) in [5.41, 5.74) is 6.79. The summed E-state index contributed by atoms with van der Waals surface area (Å²) in [6.07, 6.45) is -0.382. The summed E-state index contributed by atoms with van der Waals surface area (Å²) >= 11 is 0. The zero-order valence-electron chi connectivity index (χ0n) is 17.1. The second-order valence-corrected chi connectivity index (χ2v) is 6.75. The Morgan fingerprint density at radius 1 is 1.10 bits per heavy atom. The summed E-state index contributed by atoms with van der Waals surface area (Å²) < 4.78 is 31.7. The standard InChI is InChI=1S/C18H27N3O2.C2HF3O2/c1-13(2)20-17(22)12-11-16(21-18(23)14(3)19)10-9-15-7-5-4-6-8-15;3-2(4,5)1(6)7/h4-8,11-14,16H,9-10,19H2,1-3H3,(H,20,22)(H,21,23);(H,6,7)/t14-,16-;/m0./s1. The minimum absolute atomic E-state index is 0.0774. The fourth-order valence-electron chi connectivity index (χ4n) is 2.03. The lowest BCUT2D eigenvalue weighted by Gasteiger charge is -2.17. The lowest BCUT2D eigenvalue weighted by Crippen LogP contribution is -2.43. The molecule has 0 aliphatic carbocycles. The van der Waals surface area contributed by atoms with E-state index in [0.717, 1.165) is 6.42 Å². The van der Waals surface area contributed by atoms with Crippen LogP contribution in [0.5, 0.6) is 0 Å². The van der Waals surface area contributed by atoms with Gasteiger partial charge in [0.2, 0.25) is 11.8 Å². The van der Waals surface area contributed by atoms with Gasteiger partial charge in [0.25, 0.3) is 0 Å². The van der Waals surface area contributed by atoms with Gasteiger partial charge in [-0.05, 0) is 39.2 Å². The number of carbonyl (C=O) groups excluding carboxylic acids is 2. The first-order valence-corrected chi connectivity index (χ1v) is 9.21. The van der Waals surface area contributed by atoms with Crippen LogP contribution in [0.15, 0.2) is 42.5 Å². The first-order valence-electron chi connectivity index (χ1n) is 9.21. The van der Waals surface area contributed by atoms with Gasteiger partial charge in [-0.1, -0.05) is 36.4 Å². The molecule has 1 aromatic carbocycles. The molecule has 2 atom stereocenters. The zero-order chi connectivity index (χ0) is 23.3. The van der Waals surface area contributed by atoms with Crippen molar-refractivity contribution in [3.63, 3.8) is 0 Å². The number of carboxylic acid groups (broad SMARTS) is 1. The van der Waals surface area contributed by atoms with Crippen LogP contribution in [0, 0.1) is 0 Å². The normalized spacial score (nSPS) is 13.2. The van der Waals surface area contributed by atoms with Crippen LogP contribution in [-0.2, 0) is 20.8 Å². The van der Waals surface area contributed by atoms with Crippen LogP contribution in [0.1, 0.15) is 32.8 Å². The highest BCUT2D eigenvalue weighted by atomic mass is 19.4. The molecule has 0 aliphatic rings. The van der Waals surface area contributed by atoms with Crippen molar-refractivity contribution in [1.29, 1.82) is 0 Å². The van der Waals surface area contributed by atoms with Crippen molar-refractivity contribution in [1.82, 2.24) is 10.6 Å². The molecule has 0 heterocycles. The number of benzene rings is 1. The number of aliphatic carboxylic acids is 1. The molecule has 168 valence electrons. The molecule has 30 heavy (non-hydrogen) atoms. The van der Waals surface area contributed by atoms with Crippen LogP contribution in [0.3, 0.4) is 0 Å². The second kappa shape index (κ2) is 13.4. The van der Waals surface area contributed by atoms with E-state index in [4.69, 9.17) is 15.6 Å². The molecule has 7 nitrogen and oxygen atoms in total. The molecular formula is C20H28F3N3O4. The molecule has 5 N–H and O–H groups in total. The number of hydrogen-bond acceptors (Lipinski definition) is 4. The van der Waals surface area contributed by atoms with Crippen LogP contribution >= 0.6 is 0 Å². The second-order valence-electron chi connectivity index (χ2n) is 6.75. The largest absolute Gasteiger partial charge is 0.490 e. The van der Waals surface area contributed by atoms with Crippen LogP contribution in [-0.4, -0.2) is 47.2 Å². The van der Waals surface area contributed by atoms with E-state index in [-0.39, 0.29) is 23.9 Å². The Morgan fingerprint density at radius 2 is 1.63 bits per heavy atom. The number of nitrogens with one attached hydrogen (secondary N) is 2. The fourth-order valence-corrected chi connectivity index (χ4v) is 2.03. The number of aryl methyl sites for hydroxylation is 1. The summed E-state index contributed by atoms with van der Waals surface area (Å²) in [6.45, 7) is 5.44. The lowest BCUT2D eigenvalue weighted by atomic mass is 10.0. The summed E-state index contributed by atoms with van der Waals surface area (Å²) in [7, 11) is 0. The number of carboxylic acids is 1. The maximum atomic E-state index is 11.8. The van der Waals surface area contributed by atoms with Crippen molar-refractivity contribution in [2.24, 2.45) is 5.73 Å². The SMILES string of the molecule is CC(C)NC(=O)C=C[C@H](CCc1ccccc1)NC(=O)[C@H](C)N.O=C(O)C(F)(F)F. The summed E-state index contributed by atoms with van der Waals surface area (Å²) in [4.78, 5) is 32.4. The van der Waals surface area contributed by atoms with Crippen molar-refractivity contribution in [3.8, 4) is 0 Å². The summed E-state index contributed by atoms with van der Waals surface area (Å²) in [5, 5.41) is 12.8. The number of nitrogens with two attached hydrogens (primary N) is 1. The van der Waals surface area contributed by atoms with Crippen molar-refractivity contribution in [2.45, 2.75) is 57.9 Å². The van der Waals surface area contributed by atoms with Gasteiger partial charge >= 0.3 is 12.1 Å². The van der Waals surface area contributed by atoms with Gasteiger partial charge in [-0.15, -0.1) is 0 Å². The molecule has 0 spiro atoms. The average Bonchev–Trinajstić information content (AvgIpc) is 2.63. The van der Waals surface area contributed by atoms with E-state index in [2.05, 4.69) is 10.6 Å². The first-order chi connectivity index (χ1) is 13.8. The van der Waals surface area contributed by atoms with Gasteiger partial charge in [0, 0.05) is 18.2 Å². The highest BCUT2D eigenvalue weighted by Crippen LogP contribution is 2.13. The van der Waals surface area contributed by atoms with Gasteiger partial charge in [-0.2, -0.15) is 13.2 Å². The third-order valence-corrected chi connectivity index (χ3v) is 3.48. The minimum Gasteiger partial charge on any atom is -0.475 e. The first kappa shape index (κ1) is 27.1. The van der Waals surface area contributed by atoms with E-state index in [0.29, 0.717) is 6.42 Å². The molecule has 1 aromatic rings. The van der Waals surface area contributed by atoms with E-state index in [1.54, 1.807) is 13.0 Å². The molecular weight excluding hydrogens is 403 g/mol. The van der Waals surface area contributed by atoms with Gasteiger partial charge in [0.1, 0.15) is 0 Å². The molecule has 0 saturated carbocycles. The number of alkyl halides is 3. The van der Waals surface area contributed by atoms with E-state index in [9.17, 15) is 22.8 Å². The maximum absolute atomic E-state index is 11.8. The number of halogens is 3. The van der Waals surface area contributed by atoms with Crippen LogP contribution in [0.4, 0.5) is 13.2 Å². The molecule has 0 bridgehead atoms. The molecule has 0 aliphatic heterocycles. The molecule has 1 rings (SSSR count). The van der Waals surface area contributed by atoms with Crippen LogP contribution in [0.25, 0.3) is 0 Å². The van der Waals surface area contributed by atoms with Crippen molar-refractivity contribution < 1.29 is 32.7 Å². The van der Waals surface area contributed by atoms with Crippen molar-refractivity contribution in [2.75, 3.05) is 0 Å². The quantitative estimate of drug-likeness (QED) is 0.470. The highest BCUT2D eigenvalue weighted by molar-refractivity contribution is 5.88. The molecule has 0 fully saturated rings. The fraction of sp³-hybridized carbons (Fsp3) is 0.450. The number of amides is 2. The monoisotopic (exact) mass is 431 g/mol. The third kappa shape index (κ3) is 13.3. The van der Waals surface area contributed by atoms with E-state index >= 15 is 0 Å².